The number of hydrogen-bond acceptors (Lipinski definition) is 5. The molecule has 5 nitrogen and oxygen atoms in total. The minimum atomic E-state index is -1.95. The minimum absolute atomic E-state index is 0.0680. The van der Waals surface area contributed by atoms with E-state index in [2.05, 4.69) is 6.92 Å². The topological polar surface area (TPSA) is 91.7 Å². The Hall–Kier alpha value is -1.33. The van der Waals surface area contributed by atoms with Crippen molar-refractivity contribution in [3.63, 3.8) is 0 Å². The van der Waals surface area contributed by atoms with Crippen molar-refractivity contribution in [3.8, 4) is 0 Å². The second-order valence-corrected chi connectivity index (χ2v) is 9.39. The fourth-order valence-electron chi connectivity index (χ4n) is 7.03. The lowest BCUT2D eigenvalue weighted by atomic mass is 9.46. The van der Waals surface area contributed by atoms with Gasteiger partial charge in [0.05, 0.1) is 0 Å². The van der Waals surface area contributed by atoms with E-state index in [0.717, 1.165) is 31.3 Å². The number of hydrogen-bond donors (Lipinski definition) is 2. The number of carbonyl (C=O) groups is 3. The van der Waals surface area contributed by atoms with Gasteiger partial charge in [-0.25, -0.2) is 0 Å². The van der Waals surface area contributed by atoms with Crippen molar-refractivity contribution in [1.29, 1.82) is 0 Å². The molecule has 0 spiro atoms. The van der Waals surface area contributed by atoms with Gasteiger partial charge in [0.25, 0.3) is 0 Å². The summed E-state index contributed by atoms with van der Waals surface area (Å²) in [5, 5.41) is 18.8. The summed E-state index contributed by atoms with van der Waals surface area (Å²) in [5.41, 5.74) is 0.443. The van der Waals surface area contributed by atoms with Crippen LogP contribution in [0.4, 0.5) is 0 Å². The number of aliphatic hydroxyl groups excluding tert-OH is 1. The Bertz CT molecular complexity index is 707. The Morgan fingerprint density at radius 3 is 2.58 bits per heavy atom. The summed E-state index contributed by atoms with van der Waals surface area (Å²) in [6.07, 6.45) is 4.64. The summed E-state index contributed by atoms with van der Waals surface area (Å²) in [6.45, 7) is 4.15. The van der Waals surface area contributed by atoms with E-state index < -0.39 is 23.4 Å². The zero-order valence-electron chi connectivity index (χ0n) is 15.5. The molecule has 6 atom stereocenters. The Kier molecular flexibility index (Phi) is 4.05. The fourth-order valence-corrected chi connectivity index (χ4v) is 7.03. The van der Waals surface area contributed by atoms with Crippen molar-refractivity contribution in [3.05, 3.63) is 11.6 Å². The average molecular weight is 360 g/mol. The van der Waals surface area contributed by atoms with E-state index in [1.807, 2.05) is 6.92 Å². The first-order chi connectivity index (χ1) is 12.2. The zero-order valence-corrected chi connectivity index (χ0v) is 15.5. The highest BCUT2D eigenvalue weighted by Gasteiger charge is 2.63. The molecule has 3 saturated carbocycles. The van der Waals surface area contributed by atoms with Gasteiger partial charge in [-0.05, 0) is 60.8 Å². The van der Waals surface area contributed by atoms with Crippen molar-refractivity contribution in [2.75, 3.05) is 0 Å². The summed E-state index contributed by atoms with van der Waals surface area (Å²) in [7, 11) is 0. The first-order valence-corrected chi connectivity index (χ1v) is 9.85. The molecule has 26 heavy (non-hydrogen) atoms. The number of carbonyl (C=O) groups excluding carboxylic acids is 3. The van der Waals surface area contributed by atoms with Gasteiger partial charge < -0.3 is 10.2 Å². The van der Waals surface area contributed by atoms with Gasteiger partial charge in [0, 0.05) is 24.7 Å². The van der Waals surface area contributed by atoms with Crippen LogP contribution in [0.15, 0.2) is 11.6 Å². The predicted octanol–water partition coefficient (Wildman–Crippen LogP) is 2.19. The van der Waals surface area contributed by atoms with E-state index in [-0.39, 0.29) is 34.7 Å². The molecule has 0 aromatic carbocycles. The monoisotopic (exact) mass is 360 g/mol. The van der Waals surface area contributed by atoms with Crippen molar-refractivity contribution >= 4 is 17.3 Å². The van der Waals surface area contributed by atoms with Crippen LogP contribution >= 0.6 is 0 Å². The molecule has 0 radical (unpaired) electrons. The third-order valence-electron chi connectivity index (χ3n) is 8.25. The molecule has 0 unspecified atom stereocenters. The molecule has 142 valence electrons. The van der Waals surface area contributed by atoms with Crippen LogP contribution in [0.25, 0.3) is 0 Å². The van der Waals surface area contributed by atoms with Crippen LogP contribution in [0.1, 0.15) is 58.8 Å². The molecular formula is C21H28O5. The van der Waals surface area contributed by atoms with E-state index in [1.54, 1.807) is 6.08 Å². The molecule has 0 amide bonds. The maximum Gasteiger partial charge on any atom is 0.213 e. The van der Waals surface area contributed by atoms with Gasteiger partial charge in [0.15, 0.2) is 11.6 Å². The van der Waals surface area contributed by atoms with Crippen LogP contribution in [-0.2, 0) is 14.4 Å². The third kappa shape index (κ3) is 2.32. The van der Waals surface area contributed by atoms with E-state index in [9.17, 15) is 24.6 Å². The van der Waals surface area contributed by atoms with E-state index >= 15 is 0 Å². The Labute approximate surface area is 153 Å². The highest BCUT2D eigenvalue weighted by atomic mass is 16.5. The van der Waals surface area contributed by atoms with Gasteiger partial charge >= 0.3 is 0 Å². The lowest BCUT2D eigenvalue weighted by Crippen LogP contribution is -2.55. The van der Waals surface area contributed by atoms with Crippen LogP contribution in [0.3, 0.4) is 0 Å². The molecular weight excluding hydrogens is 332 g/mol. The number of Topliss-reactive ketones (excluding diaryl/α,β-unsaturated/α-hetero) is 2. The van der Waals surface area contributed by atoms with Crippen LogP contribution in [0.2, 0.25) is 0 Å². The Morgan fingerprint density at radius 1 is 1.15 bits per heavy atom. The molecule has 0 bridgehead atoms. The highest BCUT2D eigenvalue weighted by Crippen LogP contribution is 2.65. The quantitative estimate of drug-likeness (QED) is 0.737. The second kappa shape index (κ2) is 5.83. The number of ketones is 3. The molecule has 0 saturated heterocycles. The highest BCUT2D eigenvalue weighted by molar-refractivity contribution is 5.93. The molecule has 0 aromatic heterocycles. The molecule has 4 rings (SSSR count). The molecule has 4 aliphatic carbocycles. The number of allylic oxidation sites excluding steroid dienone is 1. The van der Waals surface area contributed by atoms with E-state index in [1.165, 1.54) is 0 Å². The number of fused-ring (bicyclic) bond motifs is 5. The maximum atomic E-state index is 13.3. The molecule has 4 aliphatic rings. The van der Waals surface area contributed by atoms with Crippen LogP contribution in [-0.4, -0.2) is 33.9 Å². The third-order valence-corrected chi connectivity index (χ3v) is 8.25. The van der Waals surface area contributed by atoms with Gasteiger partial charge in [0.2, 0.25) is 6.29 Å². The van der Waals surface area contributed by atoms with Crippen LogP contribution < -0.4 is 0 Å². The summed E-state index contributed by atoms with van der Waals surface area (Å²) in [4.78, 5) is 37.5. The number of aliphatic hydroxyl groups is 2. The van der Waals surface area contributed by atoms with Gasteiger partial charge in [0.1, 0.15) is 5.78 Å². The molecule has 2 N–H and O–H groups in total. The Morgan fingerprint density at radius 2 is 1.88 bits per heavy atom. The van der Waals surface area contributed by atoms with E-state index in [0.29, 0.717) is 19.3 Å². The molecule has 3 fully saturated rings. The predicted molar refractivity (Wildman–Crippen MR) is 93.8 cm³/mol. The summed E-state index contributed by atoms with van der Waals surface area (Å²) < 4.78 is 0. The van der Waals surface area contributed by atoms with Crippen molar-refractivity contribution in [2.24, 2.45) is 34.5 Å². The summed E-state index contributed by atoms with van der Waals surface area (Å²) >= 11 is 0. The molecule has 5 heteroatoms. The van der Waals surface area contributed by atoms with Gasteiger partial charge in [-0.3, -0.25) is 14.4 Å². The van der Waals surface area contributed by atoms with Crippen LogP contribution in [0, 0.1) is 34.5 Å². The SMILES string of the molecule is C[C@]12CC(=O)[C@H]3[C@@H](CCC4=CC(=O)CC[C@@]43C)[C@@H]1CC[C@@H]2C(=O)C(O)O. The van der Waals surface area contributed by atoms with Gasteiger partial charge in [-0.1, -0.05) is 19.4 Å². The maximum absolute atomic E-state index is 13.3. The zero-order chi connectivity index (χ0) is 18.9. The molecule has 0 heterocycles. The summed E-state index contributed by atoms with van der Waals surface area (Å²) in [6, 6.07) is 0. The first-order valence-electron chi connectivity index (χ1n) is 9.85. The van der Waals surface area contributed by atoms with E-state index in [4.69, 9.17) is 0 Å². The normalized spacial score (nSPS) is 45.0. The van der Waals surface area contributed by atoms with Crippen molar-refractivity contribution < 1.29 is 24.6 Å². The second-order valence-electron chi connectivity index (χ2n) is 9.39. The molecule has 0 aromatic rings. The smallest absolute Gasteiger partial charge is 0.213 e. The lowest BCUT2D eigenvalue weighted by molar-refractivity contribution is -0.159. The largest absolute Gasteiger partial charge is 0.362 e. The average Bonchev–Trinajstić information content (AvgIpc) is 2.90. The standard InChI is InChI=1S/C21H28O5/c1-20-8-7-12(22)9-11(20)3-4-13-14-5-6-15(18(24)19(25)26)21(14,2)10-16(23)17(13)20/h9,13-15,17,19,25-26H,3-8,10H2,1-2H3/t13-,14-,15+,17+,20-,21-/m0/s1. The minimum Gasteiger partial charge on any atom is -0.362 e. The van der Waals surface area contributed by atoms with Crippen LogP contribution in [0.5, 0.6) is 0 Å². The lowest BCUT2D eigenvalue weighted by Gasteiger charge is -2.56. The first kappa shape index (κ1) is 18.1. The Balaban J connectivity index is 1.70. The summed E-state index contributed by atoms with van der Waals surface area (Å²) in [5.74, 6) is -0.196. The number of rotatable bonds is 2. The van der Waals surface area contributed by atoms with Crippen molar-refractivity contribution in [1.82, 2.24) is 0 Å². The van der Waals surface area contributed by atoms with Gasteiger partial charge in [-0.15, -0.1) is 0 Å². The van der Waals surface area contributed by atoms with Gasteiger partial charge in [-0.2, -0.15) is 0 Å². The van der Waals surface area contributed by atoms with Crippen molar-refractivity contribution in [2.45, 2.75) is 65.1 Å². The fraction of sp³-hybridized carbons (Fsp3) is 0.762. The molecule has 0 aliphatic heterocycles.